The summed E-state index contributed by atoms with van der Waals surface area (Å²) in [6.07, 6.45) is 2.14. The number of nitrogens with zero attached hydrogens (tertiary/aromatic N) is 3. The molecule has 174 valence electrons. The minimum Gasteiger partial charge on any atom is -0.398 e. The van der Waals surface area contributed by atoms with Crippen LogP contribution in [0.3, 0.4) is 0 Å². The van der Waals surface area contributed by atoms with E-state index < -0.39 is 6.17 Å². The number of ether oxygens (including phenoxy) is 1. The number of rotatable bonds is 6. The number of aryl methyl sites for hydroxylation is 1. The molecular weight excluding hydrogens is 472 g/mol. The highest BCUT2D eigenvalue weighted by Crippen LogP contribution is 2.38. The molecule has 32 heavy (non-hydrogen) atoms. The number of nitrogens with one attached hydrogen (secondary N) is 1. The number of hydrogen-bond acceptors (Lipinski definition) is 7. The fraction of sp³-hybridized carbons (Fsp3) is 0.545. The maximum Gasteiger partial charge on any atom is 0.130 e. The molecule has 3 N–H and O–H groups in total. The zero-order valence-electron chi connectivity index (χ0n) is 18.2. The van der Waals surface area contributed by atoms with Gasteiger partial charge >= 0.3 is 0 Å². The lowest BCUT2D eigenvalue weighted by Gasteiger charge is -2.38. The van der Waals surface area contributed by atoms with E-state index in [1.165, 1.54) is 11.5 Å². The Labute approximate surface area is 202 Å². The number of anilines is 2. The fourth-order valence-electron chi connectivity index (χ4n) is 4.31. The first-order chi connectivity index (χ1) is 15.3. The smallest absolute Gasteiger partial charge is 0.130 e. The van der Waals surface area contributed by atoms with Crippen LogP contribution in [0.1, 0.15) is 42.5 Å². The van der Waals surface area contributed by atoms with Gasteiger partial charge in [-0.15, -0.1) is 0 Å². The van der Waals surface area contributed by atoms with Gasteiger partial charge in [-0.25, -0.2) is 4.39 Å². The average molecular weight is 500 g/mol. The van der Waals surface area contributed by atoms with Crippen LogP contribution in [0.25, 0.3) is 0 Å². The molecule has 0 aliphatic carbocycles. The van der Waals surface area contributed by atoms with E-state index in [1.807, 2.05) is 13.8 Å². The molecule has 0 amide bonds. The van der Waals surface area contributed by atoms with Crippen LogP contribution in [0.15, 0.2) is 17.1 Å². The minimum absolute atomic E-state index is 0.232. The topological polar surface area (TPSA) is 75.8 Å². The van der Waals surface area contributed by atoms with Crippen molar-refractivity contribution in [3.63, 3.8) is 0 Å². The molecule has 0 bridgehead atoms. The second kappa shape index (κ2) is 10.2. The van der Waals surface area contributed by atoms with Gasteiger partial charge in [0, 0.05) is 47.6 Å². The first kappa shape index (κ1) is 23.7. The lowest BCUT2D eigenvalue weighted by atomic mass is 9.86. The molecule has 4 rings (SSSR count). The number of aromatic nitrogens is 1. The van der Waals surface area contributed by atoms with Gasteiger partial charge < -0.3 is 15.8 Å². The Morgan fingerprint density at radius 3 is 2.88 bits per heavy atom. The lowest BCUT2D eigenvalue weighted by Crippen LogP contribution is -2.46. The van der Waals surface area contributed by atoms with Crippen LogP contribution in [0.4, 0.5) is 15.1 Å². The molecule has 4 atom stereocenters. The lowest BCUT2D eigenvalue weighted by molar-refractivity contribution is 0.0729. The highest BCUT2D eigenvalue weighted by molar-refractivity contribution is 7.11. The van der Waals surface area contributed by atoms with Crippen molar-refractivity contribution in [1.29, 1.82) is 0 Å². The zero-order valence-corrected chi connectivity index (χ0v) is 20.5. The summed E-state index contributed by atoms with van der Waals surface area (Å²) in [5.41, 5.74) is 9.08. The summed E-state index contributed by atoms with van der Waals surface area (Å²) < 4.78 is 24.8. The summed E-state index contributed by atoms with van der Waals surface area (Å²) in [6, 6.07) is 3.90. The van der Waals surface area contributed by atoms with Gasteiger partial charge in [-0.2, -0.15) is 4.37 Å². The van der Waals surface area contributed by atoms with Gasteiger partial charge in [-0.3, -0.25) is 9.89 Å². The zero-order chi connectivity index (χ0) is 22.8. The molecule has 2 saturated heterocycles. The van der Waals surface area contributed by atoms with Crippen LogP contribution in [0, 0.1) is 6.92 Å². The molecule has 2 fully saturated rings. The van der Waals surface area contributed by atoms with Gasteiger partial charge in [0.15, 0.2) is 0 Å². The second-order valence-corrected chi connectivity index (χ2v) is 9.99. The van der Waals surface area contributed by atoms with Gasteiger partial charge in [0.25, 0.3) is 0 Å². The SMILES string of the molecule is Cc1nsc(NC(C)/N=C\c2cc(Cl)c(C3CCN(C4CCOC4)CC3F)cc2N)c1Cl. The van der Waals surface area contributed by atoms with E-state index in [2.05, 4.69) is 19.6 Å². The number of benzene rings is 1. The number of nitrogens with two attached hydrogens (primary N) is 1. The van der Waals surface area contributed by atoms with Crippen LogP contribution >= 0.6 is 34.7 Å². The van der Waals surface area contributed by atoms with E-state index in [-0.39, 0.29) is 12.1 Å². The van der Waals surface area contributed by atoms with Crippen molar-refractivity contribution in [2.24, 2.45) is 4.99 Å². The van der Waals surface area contributed by atoms with E-state index in [4.69, 9.17) is 33.7 Å². The maximum atomic E-state index is 15.1. The highest BCUT2D eigenvalue weighted by Gasteiger charge is 2.35. The summed E-state index contributed by atoms with van der Waals surface area (Å²) in [7, 11) is 0. The van der Waals surface area contributed by atoms with E-state index >= 15 is 4.39 Å². The van der Waals surface area contributed by atoms with Crippen LogP contribution < -0.4 is 11.1 Å². The van der Waals surface area contributed by atoms with Crippen LogP contribution in [0.5, 0.6) is 0 Å². The Morgan fingerprint density at radius 2 is 2.22 bits per heavy atom. The summed E-state index contributed by atoms with van der Waals surface area (Å²) >= 11 is 14.1. The van der Waals surface area contributed by atoms with E-state index in [1.54, 1.807) is 18.3 Å². The Kier molecular flexibility index (Phi) is 7.57. The number of aliphatic imine (C=N–C) groups is 1. The second-order valence-electron chi connectivity index (χ2n) is 8.44. The third-order valence-electron chi connectivity index (χ3n) is 6.16. The molecule has 6 nitrogen and oxygen atoms in total. The van der Waals surface area contributed by atoms with Crippen molar-refractivity contribution < 1.29 is 9.13 Å². The molecule has 1 aromatic carbocycles. The number of halogens is 3. The van der Waals surface area contributed by atoms with Crippen molar-refractivity contribution in [3.8, 4) is 0 Å². The number of piperidine rings is 1. The van der Waals surface area contributed by atoms with E-state index in [0.717, 1.165) is 35.8 Å². The van der Waals surface area contributed by atoms with Gasteiger partial charge in [0.05, 0.1) is 17.3 Å². The molecule has 2 aliphatic rings. The summed E-state index contributed by atoms with van der Waals surface area (Å²) in [5.74, 6) is -0.258. The number of nitrogen functional groups attached to an aromatic ring is 1. The normalized spacial score (nSPS) is 25.5. The molecule has 2 aliphatic heterocycles. The average Bonchev–Trinajstić information content (AvgIpc) is 3.41. The Balaban J connectivity index is 1.42. The predicted octanol–water partition coefficient (Wildman–Crippen LogP) is 5.13. The third kappa shape index (κ3) is 5.20. The number of hydrogen-bond donors (Lipinski definition) is 2. The molecule has 0 radical (unpaired) electrons. The highest BCUT2D eigenvalue weighted by atomic mass is 35.5. The monoisotopic (exact) mass is 499 g/mol. The molecule has 2 aromatic rings. The number of alkyl halides is 1. The molecule has 4 unspecified atom stereocenters. The summed E-state index contributed by atoms with van der Waals surface area (Å²) in [4.78, 5) is 6.71. The van der Waals surface area contributed by atoms with Crippen LogP contribution in [-0.2, 0) is 4.74 Å². The molecule has 0 saturated carbocycles. The van der Waals surface area contributed by atoms with E-state index in [0.29, 0.717) is 46.9 Å². The van der Waals surface area contributed by atoms with Crippen molar-refractivity contribution in [2.45, 2.75) is 51.0 Å². The predicted molar refractivity (Wildman–Crippen MR) is 131 cm³/mol. The van der Waals surface area contributed by atoms with Crippen molar-refractivity contribution in [1.82, 2.24) is 9.27 Å². The first-order valence-electron chi connectivity index (χ1n) is 10.8. The fourth-order valence-corrected chi connectivity index (χ4v) is 5.64. The molecule has 0 spiro atoms. The minimum atomic E-state index is -0.988. The molecule has 10 heteroatoms. The van der Waals surface area contributed by atoms with Gasteiger partial charge in [0.2, 0.25) is 0 Å². The quantitative estimate of drug-likeness (QED) is 0.425. The summed E-state index contributed by atoms with van der Waals surface area (Å²) in [5, 5.41) is 5.13. The van der Waals surface area contributed by atoms with Crippen LogP contribution in [0.2, 0.25) is 10.0 Å². The summed E-state index contributed by atoms with van der Waals surface area (Å²) in [6.45, 7) is 6.46. The molecule has 3 heterocycles. The van der Waals surface area contributed by atoms with Crippen molar-refractivity contribution in [2.75, 3.05) is 37.4 Å². The number of likely N-dealkylation sites (tertiary alicyclic amines) is 1. The Morgan fingerprint density at radius 1 is 1.41 bits per heavy atom. The maximum absolute atomic E-state index is 15.1. The largest absolute Gasteiger partial charge is 0.398 e. The third-order valence-corrected chi connectivity index (χ3v) is 7.94. The van der Waals surface area contributed by atoms with Crippen molar-refractivity contribution in [3.05, 3.63) is 39.0 Å². The van der Waals surface area contributed by atoms with Gasteiger partial charge in [0.1, 0.15) is 17.3 Å². The van der Waals surface area contributed by atoms with E-state index in [9.17, 15) is 0 Å². The standard InChI is InChI=1S/C22H28Cl2FN5OS/c1-12-21(24)22(32-29-12)28-13(2)27-9-14-7-18(23)17(8-20(14)26)16-3-5-30(10-19(16)25)15-4-6-31-11-15/h7-9,13,15-16,19,28H,3-6,10-11,26H2,1-2H3/b27-9-. The molecule has 1 aromatic heterocycles. The first-order valence-corrected chi connectivity index (χ1v) is 12.3. The van der Waals surface area contributed by atoms with Crippen molar-refractivity contribution >= 4 is 51.6 Å². The van der Waals surface area contributed by atoms with Gasteiger partial charge in [-0.1, -0.05) is 23.2 Å². The van der Waals surface area contributed by atoms with Gasteiger partial charge in [-0.05, 0) is 62.5 Å². The Hall–Kier alpha value is -1.45. The Bertz CT molecular complexity index is 981. The molecular formula is C22H28Cl2FN5OS. The van der Waals surface area contributed by atoms with Crippen LogP contribution in [-0.4, -0.2) is 60.2 Å².